The van der Waals surface area contributed by atoms with Gasteiger partial charge in [-0.1, -0.05) is 11.8 Å². The summed E-state index contributed by atoms with van der Waals surface area (Å²) in [6.45, 7) is 1.51. The van der Waals surface area contributed by atoms with Crippen LogP contribution in [0.3, 0.4) is 0 Å². The fourth-order valence-corrected chi connectivity index (χ4v) is 1.01. The summed E-state index contributed by atoms with van der Waals surface area (Å²) in [5, 5.41) is 0. The number of carbonyl (C=O) groups excluding carboxylic acids is 1. The molecule has 0 amide bonds. The second-order valence-electron chi connectivity index (χ2n) is 2.76. The molecule has 0 radical (unpaired) electrons. The molecule has 1 heterocycles. The Kier molecular flexibility index (Phi) is 4.15. The molecule has 0 saturated heterocycles. The summed E-state index contributed by atoms with van der Waals surface area (Å²) < 4.78 is 0. The summed E-state index contributed by atoms with van der Waals surface area (Å²) in [6, 6.07) is 1.73. The summed E-state index contributed by atoms with van der Waals surface area (Å²) in [5.74, 6) is 6.30. The third kappa shape index (κ3) is 3.20. The summed E-state index contributed by atoms with van der Waals surface area (Å²) in [4.78, 5) is 14.9. The number of pyridine rings is 1. The Balaban J connectivity index is 2.85. The molecule has 0 aliphatic carbocycles. The maximum absolute atomic E-state index is 11.0. The van der Waals surface area contributed by atoms with Crippen LogP contribution in [0.25, 0.3) is 0 Å². The standard InChI is InChI=1S/C11H10ClNO/c1-9(14)11-6-10(7-13-8-11)4-2-3-5-12/h6-8H,3,5H2,1H3. The van der Waals surface area contributed by atoms with Crippen LogP contribution in [-0.2, 0) is 0 Å². The minimum atomic E-state index is -0.00140. The van der Waals surface area contributed by atoms with Gasteiger partial charge in [-0.15, -0.1) is 11.6 Å². The van der Waals surface area contributed by atoms with Crippen LogP contribution in [0.1, 0.15) is 29.3 Å². The quantitative estimate of drug-likeness (QED) is 0.423. The third-order valence-electron chi connectivity index (χ3n) is 1.60. The first-order valence-corrected chi connectivity index (χ1v) is 4.78. The zero-order valence-corrected chi connectivity index (χ0v) is 8.64. The van der Waals surface area contributed by atoms with Crippen molar-refractivity contribution in [3.63, 3.8) is 0 Å². The zero-order valence-electron chi connectivity index (χ0n) is 7.88. The number of aromatic nitrogens is 1. The van der Waals surface area contributed by atoms with E-state index < -0.39 is 0 Å². The van der Waals surface area contributed by atoms with Crippen LogP contribution in [0.2, 0.25) is 0 Å². The van der Waals surface area contributed by atoms with E-state index in [1.54, 1.807) is 12.3 Å². The maximum Gasteiger partial charge on any atom is 0.161 e. The SMILES string of the molecule is CC(=O)c1cncc(C#CCCCl)c1. The number of Topliss-reactive ketones (excluding diaryl/α,β-unsaturated/α-hetero) is 1. The van der Waals surface area contributed by atoms with Gasteiger partial charge in [0.15, 0.2) is 5.78 Å². The summed E-state index contributed by atoms with van der Waals surface area (Å²) in [5.41, 5.74) is 1.34. The molecule has 0 unspecified atom stereocenters. The smallest absolute Gasteiger partial charge is 0.161 e. The lowest BCUT2D eigenvalue weighted by Gasteiger charge is -1.94. The molecule has 14 heavy (non-hydrogen) atoms. The van der Waals surface area contributed by atoms with Crippen molar-refractivity contribution >= 4 is 17.4 Å². The molecule has 0 atom stereocenters. The molecule has 2 nitrogen and oxygen atoms in total. The lowest BCUT2D eigenvalue weighted by Crippen LogP contribution is -1.93. The van der Waals surface area contributed by atoms with E-state index >= 15 is 0 Å². The van der Waals surface area contributed by atoms with Crippen LogP contribution in [0.5, 0.6) is 0 Å². The topological polar surface area (TPSA) is 30.0 Å². The van der Waals surface area contributed by atoms with E-state index in [-0.39, 0.29) is 5.78 Å². The third-order valence-corrected chi connectivity index (χ3v) is 1.79. The molecule has 1 rings (SSSR count). The second kappa shape index (κ2) is 5.41. The minimum Gasteiger partial charge on any atom is -0.294 e. The first-order valence-electron chi connectivity index (χ1n) is 4.25. The van der Waals surface area contributed by atoms with E-state index in [9.17, 15) is 4.79 Å². The summed E-state index contributed by atoms with van der Waals surface area (Å²) >= 11 is 5.48. The van der Waals surface area contributed by atoms with Gasteiger partial charge >= 0.3 is 0 Å². The van der Waals surface area contributed by atoms with Gasteiger partial charge in [-0.05, 0) is 13.0 Å². The van der Waals surface area contributed by atoms with E-state index in [2.05, 4.69) is 16.8 Å². The highest BCUT2D eigenvalue weighted by atomic mass is 35.5. The average molecular weight is 208 g/mol. The highest BCUT2D eigenvalue weighted by molar-refractivity contribution is 6.18. The molecule has 0 aromatic carbocycles. The molecule has 0 N–H and O–H groups in total. The van der Waals surface area contributed by atoms with Gasteiger partial charge in [-0.3, -0.25) is 9.78 Å². The Morgan fingerprint density at radius 1 is 1.57 bits per heavy atom. The van der Waals surface area contributed by atoms with Crippen LogP contribution in [0, 0.1) is 11.8 Å². The lowest BCUT2D eigenvalue weighted by molar-refractivity contribution is 0.101. The molecule has 0 aliphatic heterocycles. The monoisotopic (exact) mass is 207 g/mol. The predicted octanol–water partition coefficient (Wildman–Crippen LogP) is 2.26. The number of nitrogens with zero attached hydrogens (tertiary/aromatic N) is 1. The molecule has 3 heteroatoms. The van der Waals surface area contributed by atoms with Crippen LogP contribution in [-0.4, -0.2) is 16.6 Å². The Morgan fingerprint density at radius 2 is 2.36 bits per heavy atom. The molecule has 0 saturated carbocycles. The van der Waals surface area contributed by atoms with Crippen molar-refractivity contribution in [1.29, 1.82) is 0 Å². The molecule has 0 aliphatic rings. The average Bonchev–Trinajstić information content (AvgIpc) is 2.19. The second-order valence-corrected chi connectivity index (χ2v) is 3.14. The minimum absolute atomic E-state index is 0.00140. The molecule has 0 spiro atoms. The maximum atomic E-state index is 11.0. The molecule has 0 bridgehead atoms. The van der Waals surface area contributed by atoms with Gasteiger partial charge in [0.25, 0.3) is 0 Å². The molecule has 1 aromatic rings. The van der Waals surface area contributed by atoms with Crippen LogP contribution in [0.4, 0.5) is 0 Å². The number of ketones is 1. The highest BCUT2D eigenvalue weighted by Gasteiger charge is 1.98. The van der Waals surface area contributed by atoms with Gasteiger partial charge in [0.2, 0.25) is 0 Å². The van der Waals surface area contributed by atoms with Crippen molar-refractivity contribution in [2.24, 2.45) is 0 Å². The Bertz CT molecular complexity index is 390. The van der Waals surface area contributed by atoms with Crippen LogP contribution in [0.15, 0.2) is 18.5 Å². The van der Waals surface area contributed by atoms with Gasteiger partial charge in [0.05, 0.1) is 0 Å². The van der Waals surface area contributed by atoms with E-state index in [0.717, 1.165) is 5.56 Å². The van der Waals surface area contributed by atoms with Gasteiger partial charge in [0.1, 0.15) is 0 Å². The zero-order chi connectivity index (χ0) is 10.4. The number of halogens is 1. The van der Waals surface area contributed by atoms with Crippen molar-refractivity contribution in [2.45, 2.75) is 13.3 Å². The van der Waals surface area contributed by atoms with Gasteiger partial charge < -0.3 is 0 Å². The van der Waals surface area contributed by atoms with Crippen molar-refractivity contribution < 1.29 is 4.79 Å². The van der Waals surface area contributed by atoms with Crippen molar-refractivity contribution in [3.05, 3.63) is 29.6 Å². The van der Waals surface area contributed by atoms with Gasteiger partial charge in [-0.2, -0.15) is 0 Å². The fraction of sp³-hybridized carbons (Fsp3) is 0.273. The number of hydrogen-bond acceptors (Lipinski definition) is 2. The van der Waals surface area contributed by atoms with Gasteiger partial charge in [0, 0.05) is 35.8 Å². The number of rotatable bonds is 2. The number of carbonyl (C=O) groups is 1. The Morgan fingerprint density at radius 3 is 3.00 bits per heavy atom. The first kappa shape index (κ1) is 10.7. The van der Waals surface area contributed by atoms with E-state index in [0.29, 0.717) is 17.9 Å². The van der Waals surface area contributed by atoms with E-state index in [1.807, 2.05) is 0 Å². The highest BCUT2D eigenvalue weighted by Crippen LogP contribution is 2.02. The van der Waals surface area contributed by atoms with Gasteiger partial charge in [-0.25, -0.2) is 0 Å². The lowest BCUT2D eigenvalue weighted by atomic mass is 10.1. The molecular formula is C11H10ClNO. The largest absolute Gasteiger partial charge is 0.294 e. The van der Waals surface area contributed by atoms with Crippen LogP contribution >= 0.6 is 11.6 Å². The molecule has 72 valence electrons. The number of hydrogen-bond donors (Lipinski definition) is 0. The van der Waals surface area contributed by atoms with Crippen molar-refractivity contribution in [3.8, 4) is 11.8 Å². The Hall–Kier alpha value is -1.33. The molecular weight excluding hydrogens is 198 g/mol. The fourth-order valence-electron chi connectivity index (χ4n) is 0.913. The normalized spacial score (nSPS) is 9.00. The van der Waals surface area contributed by atoms with E-state index in [1.165, 1.54) is 13.1 Å². The predicted molar refractivity (Wildman–Crippen MR) is 56.5 cm³/mol. The van der Waals surface area contributed by atoms with Crippen LogP contribution < -0.4 is 0 Å². The van der Waals surface area contributed by atoms with Crippen molar-refractivity contribution in [2.75, 3.05) is 5.88 Å². The van der Waals surface area contributed by atoms with E-state index in [4.69, 9.17) is 11.6 Å². The Labute approximate surface area is 88.3 Å². The first-order chi connectivity index (χ1) is 6.74. The van der Waals surface area contributed by atoms with Crippen molar-refractivity contribution in [1.82, 2.24) is 4.98 Å². The number of alkyl halides is 1. The summed E-state index contributed by atoms with van der Waals surface area (Å²) in [7, 11) is 0. The summed E-state index contributed by atoms with van der Waals surface area (Å²) in [6.07, 6.45) is 3.81. The molecule has 1 aromatic heterocycles. The molecule has 0 fully saturated rings.